The Labute approximate surface area is 186 Å². The van der Waals surface area contributed by atoms with Crippen LogP contribution in [0.1, 0.15) is 25.1 Å². The number of carbonyl (C=O) groups excluding carboxylic acids is 1. The lowest BCUT2D eigenvalue weighted by molar-refractivity contribution is -0.124. The summed E-state index contributed by atoms with van der Waals surface area (Å²) >= 11 is 0. The van der Waals surface area contributed by atoms with Crippen molar-refractivity contribution in [3.63, 3.8) is 0 Å². The van der Waals surface area contributed by atoms with Gasteiger partial charge in [0.05, 0.1) is 17.4 Å². The number of hydrogen-bond donors (Lipinski definition) is 0. The lowest BCUT2D eigenvalue weighted by Crippen LogP contribution is -2.27. The van der Waals surface area contributed by atoms with E-state index in [0.717, 1.165) is 40.5 Å². The van der Waals surface area contributed by atoms with E-state index in [4.69, 9.17) is 9.72 Å². The number of likely N-dealkylation sites (tertiary alicyclic amines) is 1. The molecule has 0 aliphatic carbocycles. The highest BCUT2D eigenvalue weighted by atomic mass is 16.5. The van der Waals surface area contributed by atoms with Gasteiger partial charge in [0, 0.05) is 37.0 Å². The lowest BCUT2D eigenvalue weighted by atomic mass is 10.1. The predicted octanol–water partition coefficient (Wildman–Crippen LogP) is 4.53. The zero-order valence-corrected chi connectivity index (χ0v) is 17.7. The molecule has 32 heavy (non-hydrogen) atoms. The molecular weight excluding hydrogens is 400 g/mol. The molecule has 6 nitrogen and oxygen atoms in total. The Morgan fingerprint density at radius 3 is 2.66 bits per heavy atom. The van der Waals surface area contributed by atoms with Crippen molar-refractivity contribution >= 4 is 11.4 Å². The van der Waals surface area contributed by atoms with Crippen LogP contribution in [0, 0.1) is 11.8 Å². The number of fused-ring (bicyclic) bond motifs is 1. The minimum Gasteiger partial charge on any atom is -0.457 e. The van der Waals surface area contributed by atoms with E-state index in [2.05, 4.69) is 21.2 Å². The highest BCUT2D eigenvalue weighted by Crippen LogP contribution is 2.33. The summed E-state index contributed by atoms with van der Waals surface area (Å²) < 4.78 is 7.99. The van der Waals surface area contributed by atoms with Crippen LogP contribution in [0.5, 0.6) is 11.5 Å². The predicted molar refractivity (Wildman–Crippen MR) is 122 cm³/mol. The van der Waals surface area contributed by atoms with Crippen molar-refractivity contribution in [3.05, 3.63) is 79.0 Å². The average Bonchev–Trinajstić information content (AvgIpc) is 3.46. The first-order chi connectivity index (χ1) is 15.7. The fourth-order valence-corrected chi connectivity index (χ4v) is 4.11. The van der Waals surface area contributed by atoms with Gasteiger partial charge in [-0.15, -0.1) is 0 Å². The number of hydrogen-bond acceptors (Lipinski definition) is 4. The summed E-state index contributed by atoms with van der Waals surface area (Å²) in [6, 6.07) is 17.6. The van der Waals surface area contributed by atoms with Crippen molar-refractivity contribution in [2.45, 2.75) is 19.3 Å². The maximum absolute atomic E-state index is 12.2. The molecule has 1 atom stereocenters. The normalized spacial score (nSPS) is 15.4. The zero-order chi connectivity index (χ0) is 21.9. The Kier molecular flexibility index (Phi) is 5.30. The van der Waals surface area contributed by atoms with Crippen LogP contribution in [-0.2, 0) is 4.79 Å². The molecular formula is C26H22N4O2. The number of imidazole rings is 1. The number of nitrogens with zero attached hydrogens (tertiary/aromatic N) is 4. The molecule has 1 amide bonds. The fraction of sp³-hybridized carbons (Fsp3) is 0.192. The van der Waals surface area contributed by atoms with Gasteiger partial charge >= 0.3 is 0 Å². The van der Waals surface area contributed by atoms with Gasteiger partial charge in [0.15, 0.2) is 0 Å². The molecule has 1 fully saturated rings. The number of para-hydroxylation sites is 1. The van der Waals surface area contributed by atoms with E-state index in [-0.39, 0.29) is 11.8 Å². The van der Waals surface area contributed by atoms with Crippen LogP contribution in [0.25, 0.3) is 16.8 Å². The second kappa shape index (κ2) is 8.56. The lowest BCUT2D eigenvalue weighted by Gasteiger charge is -2.12. The Balaban J connectivity index is 1.44. The third kappa shape index (κ3) is 3.81. The van der Waals surface area contributed by atoms with E-state index in [1.807, 2.05) is 67.0 Å². The van der Waals surface area contributed by atoms with Crippen molar-refractivity contribution in [1.82, 2.24) is 19.3 Å². The summed E-state index contributed by atoms with van der Waals surface area (Å²) in [5.41, 5.74) is 2.81. The number of ether oxygens (including phenoxy) is 1. The molecule has 1 aliphatic rings. The molecule has 158 valence electrons. The molecule has 1 saturated heterocycles. The third-order valence-electron chi connectivity index (χ3n) is 5.65. The molecule has 0 bridgehead atoms. The van der Waals surface area contributed by atoms with E-state index in [1.165, 1.54) is 0 Å². The number of rotatable bonds is 4. The van der Waals surface area contributed by atoms with E-state index < -0.39 is 0 Å². The van der Waals surface area contributed by atoms with Crippen LogP contribution in [0.3, 0.4) is 0 Å². The largest absolute Gasteiger partial charge is 0.457 e. The Hall–Kier alpha value is -4.11. The summed E-state index contributed by atoms with van der Waals surface area (Å²) in [4.78, 5) is 23.3. The average molecular weight is 422 g/mol. The highest BCUT2D eigenvalue weighted by Gasteiger charge is 2.30. The molecule has 3 heterocycles. The van der Waals surface area contributed by atoms with Crippen LogP contribution < -0.4 is 4.74 Å². The van der Waals surface area contributed by atoms with Crippen LogP contribution in [0.2, 0.25) is 0 Å². The molecule has 4 aromatic rings. The minimum atomic E-state index is -0.119. The van der Waals surface area contributed by atoms with Gasteiger partial charge < -0.3 is 9.64 Å². The Morgan fingerprint density at radius 2 is 1.88 bits per heavy atom. The van der Waals surface area contributed by atoms with Gasteiger partial charge in [-0.3, -0.25) is 14.2 Å². The minimum absolute atomic E-state index is 0.119. The van der Waals surface area contributed by atoms with Crippen LogP contribution in [-0.4, -0.2) is 38.3 Å². The van der Waals surface area contributed by atoms with Crippen LogP contribution in [0.4, 0.5) is 0 Å². The van der Waals surface area contributed by atoms with Crippen LogP contribution >= 0.6 is 0 Å². The molecule has 0 spiro atoms. The van der Waals surface area contributed by atoms with E-state index >= 15 is 0 Å². The summed E-state index contributed by atoms with van der Waals surface area (Å²) in [6.45, 7) is 3.00. The topological polar surface area (TPSA) is 59.7 Å². The molecule has 0 N–H and O–H groups in total. The number of benzene rings is 2. The SMILES string of the molecule is CC#CC(=O)N1CC[C@H](c2nc(-c3ccc(Oc4ccccc4)cc3)c3cnccn23)C1. The summed E-state index contributed by atoms with van der Waals surface area (Å²) in [5.74, 6) is 7.88. The van der Waals surface area contributed by atoms with Gasteiger partial charge in [-0.1, -0.05) is 24.1 Å². The quantitative estimate of drug-likeness (QED) is 0.454. The van der Waals surface area contributed by atoms with Gasteiger partial charge in [-0.05, 0) is 55.7 Å². The number of carbonyl (C=O) groups is 1. The molecule has 0 radical (unpaired) electrons. The van der Waals surface area contributed by atoms with E-state index in [0.29, 0.717) is 13.1 Å². The standard InChI is InChI=1S/C26H22N4O2/c1-2-6-24(31)29-15-13-20(18-29)26-28-25(23-17-27-14-16-30(23)26)19-9-11-22(12-10-19)32-21-7-4-3-5-8-21/h3-5,7-12,14,16-17,20H,13,15,18H2,1H3/t20-/m0/s1. The first kappa shape index (κ1) is 19.8. The Bertz CT molecular complexity index is 1320. The van der Waals surface area contributed by atoms with Gasteiger partial charge in [-0.2, -0.15) is 0 Å². The summed E-state index contributed by atoms with van der Waals surface area (Å²) in [5, 5.41) is 0. The van der Waals surface area contributed by atoms with Crippen LogP contribution in [0.15, 0.2) is 73.2 Å². The van der Waals surface area contributed by atoms with Gasteiger partial charge in [0.1, 0.15) is 17.3 Å². The summed E-state index contributed by atoms with van der Waals surface area (Å²) in [6.07, 6.45) is 6.39. The fourth-order valence-electron chi connectivity index (χ4n) is 4.11. The van der Waals surface area contributed by atoms with Gasteiger partial charge in [-0.25, -0.2) is 4.98 Å². The smallest absolute Gasteiger partial charge is 0.298 e. The van der Waals surface area contributed by atoms with Crippen molar-refractivity contribution in [2.75, 3.05) is 13.1 Å². The Morgan fingerprint density at radius 1 is 1.09 bits per heavy atom. The second-order valence-electron chi connectivity index (χ2n) is 7.70. The monoisotopic (exact) mass is 422 g/mol. The van der Waals surface area contributed by atoms with Crippen molar-refractivity contribution in [2.24, 2.45) is 0 Å². The number of aromatic nitrogens is 3. The molecule has 2 aromatic heterocycles. The second-order valence-corrected chi connectivity index (χ2v) is 7.70. The first-order valence-corrected chi connectivity index (χ1v) is 10.6. The van der Waals surface area contributed by atoms with Crippen molar-refractivity contribution in [3.8, 4) is 34.6 Å². The maximum atomic E-state index is 12.2. The van der Waals surface area contributed by atoms with E-state index in [1.54, 1.807) is 18.0 Å². The first-order valence-electron chi connectivity index (χ1n) is 10.6. The van der Waals surface area contributed by atoms with Crippen molar-refractivity contribution in [1.29, 1.82) is 0 Å². The molecule has 2 aromatic carbocycles. The van der Waals surface area contributed by atoms with Gasteiger partial charge in [0.25, 0.3) is 5.91 Å². The highest BCUT2D eigenvalue weighted by molar-refractivity contribution is 5.93. The summed E-state index contributed by atoms with van der Waals surface area (Å²) in [7, 11) is 0. The zero-order valence-electron chi connectivity index (χ0n) is 17.7. The third-order valence-corrected chi connectivity index (χ3v) is 5.65. The number of amides is 1. The van der Waals surface area contributed by atoms with Crippen molar-refractivity contribution < 1.29 is 9.53 Å². The molecule has 0 saturated carbocycles. The van der Waals surface area contributed by atoms with Gasteiger partial charge in [0.2, 0.25) is 0 Å². The maximum Gasteiger partial charge on any atom is 0.298 e. The molecule has 6 heteroatoms. The molecule has 5 rings (SSSR count). The molecule has 0 unspecified atom stereocenters. The molecule has 1 aliphatic heterocycles. The van der Waals surface area contributed by atoms with E-state index in [9.17, 15) is 4.79 Å².